The molecule has 1 heterocycles. The Morgan fingerprint density at radius 2 is 1.84 bits per heavy atom. The fourth-order valence-corrected chi connectivity index (χ4v) is 3.89. The highest BCUT2D eigenvalue weighted by atomic mass is 35.5. The maximum absolute atomic E-state index is 12.9. The van der Waals surface area contributed by atoms with Crippen LogP contribution in [0.15, 0.2) is 48.0 Å². The molecule has 0 aromatic heterocycles. The van der Waals surface area contributed by atoms with Crippen molar-refractivity contribution in [2.75, 3.05) is 26.9 Å². The van der Waals surface area contributed by atoms with E-state index >= 15 is 0 Å². The van der Waals surface area contributed by atoms with Crippen molar-refractivity contribution in [3.05, 3.63) is 69.8 Å². The maximum Gasteiger partial charge on any atom is 0.295 e. The molecule has 1 amide bonds. The third-order valence-corrected chi connectivity index (χ3v) is 5.58. The molecule has 0 saturated carbocycles. The van der Waals surface area contributed by atoms with E-state index in [1.807, 2.05) is 31.2 Å². The standard InChI is InChI=1S/C24H26ClNO5/c1-4-15-6-8-16(9-7-15)21-20(23(28)24(29)26(21)12-13-30-3)22(27)17-10-11-19(31-5-2)18(25)14-17/h6-11,14,21,27H,4-5,12-13H2,1-3H3/t21-/m1/s1. The molecular formula is C24H26ClNO5. The van der Waals surface area contributed by atoms with Crippen LogP contribution in [0, 0.1) is 0 Å². The van der Waals surface area contributed by atoms with E-state index in [0.29, 0.717) is 22.9 Å². The summed E-state index contributed by atoms with van der Waals surface area (Å²) in [6, 6.07) is 11.7. The van der Waals surface area contributed by atoms with Crippen LogP contribution in [0.1, 0.15) is 36.6 Å². The molecule has 31 heavy (non-hydrogen) atoms. The van der Waals surface area contributed by atoms with E-state index < -0.39 is 17.7 Å². The summed E-state index contributed by atoms with van der Waals surface area (Å²) in [6.45, 7) is 4.84. The molecule has 0 bridgehead atoms. The van der Waals surface area contributed by atoms with Crippen molar-refractivity contribution in [1.29, 1.82) is 0 Å². The Labute approximate surface area is 187 Å². The van der Waals surface area contributed by atoms with Gasteiger partial charge in [0, 0.05) is 19.2 Å². The predicted molar refractivity (Wildman–Crippen MR) is 119 cm³/mol. The van der Waals surface area contributed by atoms with Crippen LogP contribution in [-0.4, -0.2) is 48.6 Å². The number of hydrogen-bond donors (Lipinski definition) is 1. The third kappa shape index (κ3) is 4.60. The van der Waals surface area contributed by atoms with E-state index in [0.717, 1.165) is 17.5 Å². The quantitative estimate of drug-likeness (QED) is 0.372. The van der Waals surface area contributed by atoms with Gasteiger partial charge in [0.05, 0.1) is 29.9 Å². The number of halogens is 1. The summed E-state index contributed by atoms with van der Waals surface area (Å²) in [6.07, 6.45) is 0.870. The molecule has 0 radical (unpaired) electrons. The second-order valence-electron chi connectivity index (χ2n) is 7.16. The van der Waals surface area contributed by atoms with Gasteiger partial charge in [-0.3, -0.25) is 9.59 Å². The topological polar surface area (TPSA) is 76.1 Å². The minimum Gasteiger partial charge on any atom is -0.507 e. The van der Waals surface area contributed by atoms with Crippen molar-refractivity contribution in [2.45, 2.75) is 26.3 Å². The van der Waals surface area contributed by atoms with Gasteiger partial charge in [0.2, 0.25) is 0 Å². The molecule has 0 spiro atoms. The van der Waals surface area contributed by atoms with Gasteiger partial charge in [0.15, 0.2) is 0 Å². The number of carbonyl (C=O) groups is 2. The lowest BCUT2D eigenvalue weighted by Gasteiger charge is -2.25. The first kappa shape index (κ1) is 22.8. The molecule has 1 saturated heterocycles. The molecular weight excluding hydrogens is 418 g/mol. The number of methoxy groups -OCH3 is 1. The largest absolute Gasteiger partial charge is 0.507 e. The highest BCUT2D eigenvalue weighted by molar-refractivity contribution is 6.46. The van der Waals surface area contributed by atoms with E-state index in [2.05, 4.69) is 6.92 Å². The van der Waals surface area contributed by atoms with Crippen LogP contribution in [0.4, 0.5) is 0 Å². The summed E-state index contributed by atoms with van der Waals surface area (Å²) >= 11 is 6.27. The fraction of sp³-hybridized carbons (Fsp3) is 0.333. The van der Waals surface area contributed by atoms with Crippen molar-refractivity contribution in [3.63, 3.8) is 0 Å². The van der Waals surface area contributed by atoms with E-state index in [1.54, 1.807) is 12.1 Å². The summed E-state index contributed by atoms with van der Waals surface area (Å²) in [5, 5.41) is 11.4. The van der Waals surface area contributed by atoms with E-state index in [9.17, 15) is 14.7 Å². The second-order valence-corrected chi connectivity index (χ2v) is 7.57. The normalized spacial score (nSPS) is 17.9. The fourth-order valence-electron chi connectivity index (χ4n) is 3.66. The number of ether oxygens (including phenoxy) is 2. The number of carbonyl (C=O) groups excluding carboxylic acids is 2. The van der Waals surface area contributed by atoms with Gasteiger partial charge in [-0.2, -0.15) is 0 Å². The monoisotopic (exact) mass is 443 g/mol. The van der Waals surface area contributed by atoms with Gasteiger partial charge in [0.25, 0.3) is 11.7 Å². The lowest BCUT2D eigenvalue weighted by molar-refractivity contribution is -0.140. The van der Waals surface area contributed by atoms with Crippen molar-refractivity contribution in [2.24, 2.45) is 0 Å². The predicted octanol–water partition coefficient (Wildman–Crippen LogP) is 4.37. The van der Waals surface area contributed by atoms with Crippen LogP contribution in [0.3, 0.4) is 0 Å². The number of likely N-dealkylation sites (tertiary alicyclic amines) is 1. The highest BCUT2D eigenvalue weighted by Crippen LogP contribution is 2.40. The zero-order valence-electron chi connectivity index (χ0n) is 17.9. The van der Waals surface area contributed by atoms with Crippen molar-refractivity contribution in [3.8, 4) is 5.75 Å². The van der Waals surface area contributed by atoms with Gasteiger partial charge in [0.1, 0.15) is 11.5 Å². The Hall–Kier alpha value is -2.83. The molecule has 6 nitrogen and oxygen atoms in total. The lowest BCUT2D eigenvalue weighted by Crippen LogP contribution is -2.32. The zero-order chi connectivity index (χ0) is 22.5. The molecule has 3 rings (SSSR count). The number of aliphatic hydroxyl groups is 1. The van der Waals surface area contributed by atoms with Gasteiger partial charge in [-0.15, -0.1) is 0 Å². The molecule has 0 unspecified atom stereocenters. The summed E-state index contributed by atoms with van der Waals surface area (Å²) in [5.41, 5.74) is 2.25. The van der Waals surface area contributed by atoms with Crippen molar-refractivity contribution >= 4 is 29.1 Å². The van der Waals surface area contributed by atoms with Crippen LogP contribution < -0.4 is 4.74 Å². The van der Waals surface area contributed by atoms with Gasteiger partial charge in [-0.05, 0) is 42.7 Å². The Morgan fingerprint density at radius 3 is 2.42 bits per heavy atom. The second kappa shape index (κ2) is 9.98. The molecule has 0 aliphatic carbocycles. The summed E-state index contributed by atoms with van der Waals surface area (Å²) in [7, 11) is 1.53. The highest BCUT2D eigenvalue weighted by Gasteiger charge is 2.45. The van der Waals surface area contributed by atoms with E-state index in [1.165, 1.54) is 18.1 Å². The SMILES string of the molecule is CCOc1ccc(C(O)=C2C(=O)C(=O)N(CCOC)[C@@H]2c2ccc(CC)cc2)cc1Cl. The molecule has 1 aliphatic rings. The number of ketones is 1. The number of rotatable bonds is 8. The average Bonchev–Trinajstić information content (AvgIpc) is 3.03. The number of Topliss-reactive ketones (excluding diaryl/α,β-unsaturated/α-hetero) is 1. The molecule has 1 fully saturated rings. The Morgan fingerprint density at radius 1 is 1.13 bits per heavy atom. The lowest BCUT2D eigenvalue weighted by atomic mass is 9.94. The first-order valence-corrected chi connectivity index (χ1v) is 10.6. The van der Waals surface area contributed by atoms with Crippen LogP contribution in [0.2, 0.25) is 5.02 Å². The Kier molecular flexibility index (Phi) is 7.36. The minimum absolute atomic E-state index is 0.0329. The number of hydrogen-bond acceptors (Lipinski definition) is 5. The molecule has 2 aromatic rings. The van der Waals surface area contributed by atoms with Gasteiger partial charge in [-0.25, -0.2) is 0 Å². The van der Waals surface area contributed by atoms with Gasteiger partial charge >= 0.3 is 0 Å². The summed E-state index contributed by atoms with van der Waals surface area (Å²) < 4.78 is 10.6. The van der Waals surface area contributed by atoms with E-state index in [-0.39, 0.29) is 24.5 Å². The number of aliphatic hydroxyl groups excluding tert-OH is 1. The third-order valence-electron chi connectivity index (χ3n) is 5.29. The number of benzene rings is 2. The van der Waals surface area contributed by atoms with Crippen LogP contribution >= 0.6 is 11.6 Å². The smallest absolute Gasteiger partial charge is 0.295 e. The van der Waals surface area contributed by atoms with E-state index in [4.69, 9.17) is 21.1 Å². The van der Waals surface area contributed by atoms with Crippen LogP contribution in [0.25, 0.3) is 5.76 Å². The Balaban J connectivity index is 2.12. The van der Waals surface area contributed by atoms with Crippen LogP contribution in [0.5, 0.6) is 5.75 Å². The Bertz CT molecular complexity index is 1000. The molecule has 2 aromatic carbocycles. The average molecular weight is 444 g/mol. The first-order valence-electron chi connectivity index (χ1n) is 10.2. The number of aryl methyl sites for hydroxylation is 1. The molecule has 1 aliphatic heterocycles. The molecule has 7 heteroatoms. The molecule has 164 valence electrons. The maximum atomic E-state index is 12.9. The van der Waals surface area contributed by atoms with Gasteiger partial charge in [-0.1, -0.05) is 42.8 Å². The zero-order valence-corrected chi connectivity index (χ0v) is 18.6. The molecule has 1 atom stereocenters. The number of amides is 1. The van der Waals surface area contributed by atoms with Crippen LogP contribution in [-0.2, 0) is 20.7 Å². The van der Waals surface area contributed by atoms with Gasteiger partial charge < -0.3 is 19.5 Å². The summed E-state index contributed by atoms with van der Waals surface area (Å²) in [4.78, 5) is 27.2. The minimum atomic E-state index is -0.733. The number of nitrogens with zero attached hydrogens (tertiary/aromatic N) is 1. The molecule has 1 N–H and O–H groups in total. The van der Waals surface area contributed by atoms with Crippen molar-refractivity contribution < 1.29 is 24.2 Å². The summed E-state index contributed by atoms with van der Waals surface area (Å²) in [5.74, 6) is -1.19. The van der Waals surface area contributed by atoms with Crippen molar-refractivity contribution in [1.82, 2.24) is 4.90 Å². The first-order chi connectivity index (χ1) is 14.9.